The van der Waals surface area contributed by atoms with Crippen LogP contribution in [-0.4, -0.2) is 18.7 Å². The van der Waals surface area contributed by atoms with Crippen LogP contribution in [-0.2, 0) is 6.61 Å². The van der Waals surface area contributed by atoms with Gasteiger partial charge in [-0.05, 0) is 17.7 Å². The van der Waals surface area contributed by atoms with Crippen molar-refractivity contribution in [1.82, 2.24) is 0 Å². The molecular weight excluding hydrogens is 306 g/mol. The maximum atomic E-state index is 8.81. The van der Waals surface area contributed by atoms with Crippen LogP contribution in [0, 0.1) is 16.7 Å². The topological polar surface area (TPSA) is 117 Å². The zero-order chi connectivity index (χ0) is 17.4. The maximum absolute atomic E-state index is 8.81. The molecule has 0 aliphatic rings. The normalized spacial score (nSPS) is 10.6. The highest BCUT2D eigenvalue weighted by Gasteiger charge is 2.07. The Morgan fingerprint density at radius 1 is 1.25 bits per heavy atom. The number of anilines is 1. The number of nitrogens with one attached hydrogen (secondary N) is 2. The fourth-order valence-corrected chi connectivity index (χ4v) is 1.86. The number of hydrogen-bond acceptors (Lipinski definition) is 6. The number of methoxy groups -OCH3 is 1. The molecule has 7 nitrogen and oxygen atoms in total. The lowest BCUT2D eigenvalue weighted by molar-refractivity contribution is 0.284. The Kier molecular flexibility index (Phi) is 5.75. The lowest BCUT2D eigenvalue weighted by atomic mass is 10.2. The van der Waals surface area contributed by atoms with Crippen LogP contribution in [0.4, 0.5) is 5.69 Å². The van der Waals surface area contributed by atoms with E-state index < -0.39 is 5.84 Å². The third-order valence-electron chi connectivity index (χ3n) is 3.06. The van der Waals surface area contributed by atoms with Gasteiger partial charge in [-0.15, -0.1) is 0 Å². The van der Waals surface area contributed by atoms with Crippen molar-refractivity contribution in [3.05, 3.63) is 54.1 Å². The van der Waals surface area contributed by atoms with Gasteiger partial charge in [0.1, 0.15) is 12.7 Å². The first-order chi connectivity index (χ1) is 11.6. The number of nitriles is 1. The molecule has 0 unspecified atom stereocenters. The highest BCUT2D eigenvalue weighted by molar-refractivity contribution is 6.45. The van der Waals surface area contributed by atoms with E-state index in [2.05, 4.69) is 10.5 Å². The third-order valence-corrected chi connectivity index (χ3v) is 3.06. The van der Waals surface area contributed by atoms with Crippen LogP contribution in [0.3, 0.4) is 0 Å². The van der Waals surface area contributed by atoms with Crippen molar-refractivity contribution < 1.29 is 9.47 Å². The van der Waals surface area contributed by atoms with Gasteiger partial charge in [-0.1, -0.05) is 30.3 Å². The Hall–Kier alpha value is -3.53. The number of hydrazone groups is 1. The molecule has 24 heavy (non-hydrogen) atoms. The molecule has 2 rings (SSSR count). The predicted molar refractivity (Wildman–Crippen MR) is 92.4 cm³/mol. The molecule has 0 aromatic heterocycles. The fraction of sp³-hybridized carbons (Fsp3) is 0.118. The molecule has 2 aromatic carbocycles. The number of nitrogens with zero attached hydrogens (tertiary/aromatic N) is 2. The molecule has 0 fully saturated rings. The van der Waals surface area contributed by atoms with Gasteiger partial charge in [-0.3, -0.25) is 10.8 Å². The molecule has 0 saturated carbocycles. The number of hydrogen-bond donors (Lipinski definition) is 3. The van der Waals surface area contributed by atoms with E-state index in [-0.39, 0.29) is 5.71 Å². The summed E-state index contributed by atoms with van der Waals surface area (Å²) >= 11 is 0. The predicted octanol–water partition coefficient (Wildman–Crippen LogP) is 2.50. The van der Waals surface area contributed by atoms with Crippen molar-refractivity contribution >= 4 is 17.2 Å². The van der Waals surface area contributed by atoms with Crippen LogP contribution >= 0.6 is 0 Å². The quantitative estimate of drug-likeness (QED) is 0.411. The number of nitrogens with two attached hydrogens (primary N) is 1. The van der Waals surface area contributed by atoms with Gasteiger partial charge in [-0.2, -0.15) is 10.4 Å². The Labute approximate surface area is 139 Å². The van der Waals surface area contributed by atoms with Gasteiger partial charge in [0.25, 0.3) is 0 Å². The molecule has 0 aliphatic heterocycles. The number of ether oxygens (including phenoxy) is 2. The average Bonchev–Trinajstić information content (AvgIpc) is 2.61. The summed E-state index contributed by atoms with van der Waals surface area (Å²) in [7, 11) is 1.54. The van der Waals surface area contributed by atoms with Crippen LogP contribution in [0.25, 0.3) is 0 Å². The van der Waals surface area contributed by atoms with Crippen molar-refractivity contribution in [2.24, 2.45) is 10.8 Å². The minimum atomic E-state index is -0.403. The summed E-state index contributed by atoms with van der Waals surface area (Å²) in [6.07, 6.45) is 0. The fourth-order valence-electron chi connectivity index (χ4n) is 1.86. The molecule has 0 saturated heterocycles. The van der Waals surface area contributed by atoms with Gasteiger partial charge >= 0.3 is 0 Å². The van der Waals surface area contributed by atoms with Crippen LogP contribution in [0.1, 0.15) is 5.56 Å². The summed E-state index contributed by atoms with van der Waals surface area (Å²) in [6.45, 7) is 0.422. The zero-order valence-corrected chi connectivity index (χ0v) is 13.1. The van der Waals surface area contributed by atoms with Gasteiger partial charge in [0, 0.05) is 6.07 Å². The number of rotatable bonds is 7. The van der Waals surface area contributed by atoms with E-state index in [1.165, 1.54) is 7.11 Å². The molecule has 0 radical (unpaired) electrons. The van der Waals surface area contributed by atoms with Crippen molar-refractivity contribution in [1.29, 1.82) is 10.7 Å². The van der Waals surface area contributed by atoms with E-state index >= 15 is 0 Å². The lowest BCUT2D eigenvalue weighted by Gasteiger charge is -2.12. The van der Waals surface area contributed by atoms with Crippen molar-refractivity contribution in [3.8, 4) is 17.6 Å². The Balaban J connectivity index is 2.10. The summed E-state index contributed by atoms with van der Waals surface area (Å²) in [6, 6.07) is 16.7. The van der Waals surface area contributed by atoms with Crippen LogP contribution in [0.15, 0.2) is 53.6 Å². The first-order valence-electron chi connectivity index (χ1n) is 7.07. The molecule has 0 aliphatic carbocycles. The molecule has 2 aromatic rings. The molecule has 0 atom stereocenters. The van der Waals surface area contributed by atoms with Crippen molar-refractivity contribution in [2.45, 2.75) is 6.61 Å². The first-order valence-corrected chi connectivity index (χ1v) is 7.07. The summed E-state index contributed by atoms with van der Waals surface area (Å²) in [5.74, 6) is 0.704. The number of benzene rings is 2. The van der Waals surface area contributed by atoms with Crippen LogP contribution in [0.2, 0.25) is 0 Å². The second-order valence-electron chi connectivity index (χ2n) is 4.74. The molecule has 7 heteroatoms. The van der Waals surface area contributed by atoms with E-state index in [1.807, 2.05) is 30.3 Å². The van der Waals surface area contributed by atoms with Gasteiger partial charge < -0.3 is 15.2 Å². The van der Waals surface area contributed by atoms with Gasteiger partial charge in [0.05, 0.1) is 12.8 Å². The highest BCUT2D eigenvalue weighted by atomic mass is 16.5. The Morgan fingerprint density at radius 2 is 2.00 bits per heavy atom. The lowest BCUT2D eigenvalue weighted by Crippen LogP contribution is -2.21. The van der Waals surface area contributed by atoms with E-state index in [1.54, 1.807) is 24.3 Å². The van der Waals surface area contributed by atoms with Crippen molar-refractivity contribution in [2.75, 3.05) is 12.5 Å². The SMILES string of the molecule is COc1cc(N/N=C(\C#N)C(=N)N)ccc1OCc1ccccc1. The van der Waals surface area contributed by atoms with Crippen LogP contribution < -0.4 is 20.6 Å². The van der Waals surface area contributed by atoms with E-state index in [9.17, 15) is 0 Å². The Morgan fingerprint density at radius 3 is 2.62 bits per heavy atom. The molecule has 0 bridgehead atoms. The maximum Gasteiger partial charge on any atom is 0.201 e. The summed E-state index contributed by atoms with van der Waals surface area (Å²) in [4.78, 5) is 0. The molecule has 4 N–H and O–H groups in total. The Bertz CT molecular complexity index is 781. The first kappa shape index (κ1) is 16.8. The van der Waals surface area contributed by atoms with Crippen molar-refractivity contribution in [3.63, 3.8) is 0 Å². The summed E-state index contributed by atoms with van der Waals surface area (Å²) in [5, 5.41) is 19.8. The monoisotopic (exact) mass is 323 g/mol. The zero-order valence-electron chi connectivity index (χ0n) is 13.1. The average molecular weight is 323 g/mol. The standard InChI is InChI=1S/C17H17N5O2/c1-23-16-9-13(21-22-14(10-18)17(19)20)7-8-15(16)24-11-12-5-3-2-4-6-12/h2-9,21H,11H2,1H3,(H3,19,20)/b22-14+. The van der Waals surface area contributed by atoms with Crippen LogP contribution in [0.5, 0.6) is 11.5 Å². The second kappa shape index (κ2) is 8.19. The largest absolute Gasteiger partial charge is 0.493 e. The summed E-state index contributed by atoms with van der Waals surface area (Å²) < 4.78 is 11.1. The summed E-state index contributed by atoms with van der Waals surface area (Å²) in [5.41, 5.74) is 9.32. The molecule has 122 valence electrons. The minimum absolute atomic E-state index is 0.196. The number of amidine groups is 1. The van der Waals surface area contributed by atoms with Gasteiger partial charge in [-0.25, -0.2) is 0 Å². The second-order valence-corrected chi connectivity index (χ2v) is 4.74. The molecule has 0 heterocycles. The van der Waals surface area contributed by atoms with E-state index in [0.29, 0.717) is 23.8 Å². The molecule has 0 amide bonds. The van der Waals surface area contributed by atoms with Gasteiger partial charge in [0.15, 0.2) is 17.3 Å². The third kappa shape index (κ3) is 4.48. The molecular formula is C17H17N5O2. The highest BCUT2D eigenvalue weighted by Crippen LogP contribution is 2.30. The smallest absolute Gasteiger partial charge is 0.201 e. The van der Waals surface area contributed by atoms with E-state index in [4.69, 9.17) is 25.9 Å². The molecule has 0 spiro atoms. The van der Waals surface area contributed by atoms with Gasteiger partial charge in [0.2, 0.25) is 5.71 Å². The van der Waals surface area contributed by atoms with E-state index in [0.717, 1.165) is 5.56 Å². The minimum Gasteiger partial charge on any atom is -0.493 e.